The lowest BCUT2D eigenvalue weighted by Crippen LogP contribution is -2.11. The summed E-state index contributed by atoms with van der Waals surface area (Å²) in [7, 11) is 1.64. The Balaban J connectivity index is 1.57. The van der Waals surface area contributed by atoms with Crippen LogP contribution in [0.5, 0.6) is 5.75 Å². The van der Waals surface area contributed by atoms with Crippen molar-refractivity contribution in [3.8, 4) is 5.75 Å². The molecule has 2 aromatic carbocycles. The van der Waals surface area contributed by atoms with E-state index in [0.29, 0.717) is 35.7 Å². The highest BCUT2D eigenvalue weighted by Gasteiger charge is 2.25. The number of carbonyl (C=O) groups excluding carboxylic acids is 1. The van der Waals surface area contributed by atoms with Gasteiger partial charge in [-0.15, -0.1) is 0 Å². The Morgan fingerprint density at radius 2 is 1.57 bits per heavy atom. The molecule has 0 aliphatic carbocycles. The minimum absolute atomic E-state index is 0.287. The van der Waals surface area contributed by atoms with Crippen LogP contribution in [0.3, 0.4) is 0 Å². The van der Waals surface area contributed by atoms with E-state index in [1.165, 1.54) is 32.1 Å². The molecular weight excluding hydrogens is 440 g/mol. The van der Waals surface area contributed by atoms with Crippen LogP contribution < -0.4 is 10.5 Å². The number of methoxy groups -OCH3 is 1. The number of nitrogen functional groups attached to an aromatic ring is 1. The Bertz CT molecular complexity index is 1280. The number of unbranched alkanes of at least 4 members (excludes halogenated alkanes) is 6. The fourth-order valence-corrected chi connectivity index (χ4v) is 4.29. The number of anilines is 1. The van der Waals surface area contributed by atoms with Crippen LogP contribution in [0.25, 0.3) is 22.2 Å². The molecule has 0 atom stereocenters. The van der Waals surface area contributed by atoms with Crippen LogP contribution in [0.4, 0.5) is 5.82 Å². The maximum absolute atomic E-state index is 13.1. The fraction of sp³-hybridized carbons (Fsp3) is 0.393. The maximum Gasteiger partial charge on any atom is 0.344 e. The van der Waals surface area contributed by atoms with Crippen LogP contribution in [0.15, 0.2) is 48.5 Å². The van der Waals surface area contributed by atoms with Gasteiger partial charge in [-0.2, -0.15) is 0 Å². The second-order valence-electron chi connectivity index (χ2n) is 8.84. The van der Waals surface area contributed by atoms with Crippen molar-refractivity contribution in [2.75, 3.05) is 19.5 Å². The third-order valence-electron chi connectivity index (χ3n) is 6.28. The summed E-state index contributed by atoms with van der Waals surface area (Å²) in [6, 6.07) is 15.3. The first kappa shape index (κ1) is 24.5. The molecule has 2 aromatic heterocycles. The van der Waals surface area contributed by atoms with E-state index in [0.717, 1.165) is 29.7 Å². The molecule has 0 spiro atoms. The van der Waals surface area contributed by atoms with E-state index in [1.54, 1.807) is 7.11 Å². The van der Waals surface area contributed by atoms with Gasteiger partial charge in [0.05, 0.1) is 31.3 Å². The van der Waals surface area contributed by atoms with Crippen molar-refractivity contribution < 1.29 is 14.3 Å². The molecule has 7 heteroatoms. The zero-order chi connectivity index (χ0) is 24.6. The van der Waals surface area contributed by atoms with Crippen LogP contribution in [-0.2, 0) is 11.3 Å². The topological polar surface area (TPSA) is 92.3 Å². The smallest absolute Gasteiger partial charge is 0.344 e. The molecule has 0 amide bonds. The van der Waals surface area contributed by atoms with Crippen LogP contribution in [0.2, 0.25) is 0 Å². The zero-order valence-corrected chi connectivity index (χ0v) is 20.6. The van der Waals surface area contributed by atoms with Crippen LogP contribution in [0.1, 0.15) is 67.8 Å². The second-order valence-corrected chi connectivity index (χ2v) is 8.84. The molecule has 4 rings (SSSR count). The average molecular weight is 475 g/mol. The monoisotopic (exact) mass is 474 g/mol. The van der Waals surface area contributed by atoms with Gasteiger partial charge >= 0.3 is 5.97 Å². The minimum Gasteiger partial charge on any atom is -0.497 e. The lowest BCUT2D eigenvalue weighted by atomic mass is 10.1. The van der Waals surface area contributed by atoms with Gasteiger partial charge in [-0.25, -0.2) is 14.8 Å². The molecule has 0 saturated carbocycles. The van der Waals surface area contributed by atoms with Crippen molar-refractivity contribution >= 4 is 34.0 Å². The molecule has 0 bridgehead atoms. The number of rotatable bonds is 12. The molecular formula is C28H34N4O3. The summed E-state index contributed by atoms with van der Waals surface area (Å²) in [6.07, 6.45) is 8.09. The first-order valence-corrected chi connectivity index (χ1v) is 12.5. The first-order valence-electron chi connectivity index (χ1n) is 12.5. The molecule has 35 heavy (non-hydrogen) atoms. The van der Waals surface area contributed by atoms with Crippen molar-refractivity contribution in [3.63, 3.8) is 0 Å². The number of hydrogen-bond donors (Lipinski definition) is 1. The largest absolute Gasteiger partial charge is 0.497 e. The second kappa shape index (κ2) is 11.7. The number of esters is 1. The number of para-hydroxylation sites is 2. The predicted octanol–water partition coefficient (Wildman–Crippen LogP) is 6.13. The molecule has 0 aliphatic rings. The van der Waals surface area contributed by atoms with Gasteiger partial charge in [0.25, 0.3) is 0 Å². The van der Waals surface area contributed by atoms with E-state index >= 15 is 0 Å². The summed E-state index contributed by atoms with van der Waals surface area (Å²) in [6.45, 7) is 3.04. The normalized spacial score (nSPS) is 11.3. The molecule has 0 radical (unpaired) electrons. The number of nitrogens with zero attached hydrogens (tertiary/aromatic N) is 3. The van der Waals surface area contributed by atoms with Gasteiger partial charge < -0.3 is 19.8 Å². The molecule has 0 fully saturated rings. The van der Waals surface area contributed by atoms with Crippen LogP contribution >= 0.6 is 0 Å². The summed E-state index contributed by atoms with van der Waals surface area (Å²) >= 11 is 0. The minimum atomic E-state index is -0.448. The third kappa shape index (κ3) is 5.73. The molecule has 2 N–H and O–H groups in total. The highest BCUT2D eigenvalue weighted by atomic mass is 16.5. The van der Waals surface area contributed by atoms with Gasteiger partial charge in [-0.3, -0.25) is 0 Å². The lowest BCUT2D eigenvalue weighted by molar-refractivity contribution is 0.0501. The molecule has 7 nitrogen and oxygen atoms in total. The van der Waals surface area contributed by atoms with Crippen LogP contribution in [-0.4, -0.2) is 34.2 Å². The number of fused-ring (bicyclic) bond motifs is 2. The van der Waals surface area contributed by atoms with E-state index in [-0.39, 0.29) is 5.56 Å². The van der Waals surface area contributed by atoms with Gasteiger partial charge in [-0.05, 0) is 36.2 Å². The number of benzene rings is 2. The van der Waals surface area contributed by atoms with E-state index in [4.69, 9.17) is 25.2 Å². The Morgan fingerprint density at radius 1 is 0.914 bits per heavy atom. The Morgan fingerprint density at radius 3 is 2.26 bits per heavy atom. The quantitative estimate of drug-likeness (QED) is 0.196. The standard InChI is InChI=1S/C28H34N4O3/c1-3-4-5-6-7-8-11-18-35-28(33)24-25-27(31-23-13-10-9-12-22(23)30-25)32(26(24)29)19-20-14-16-21(34-2)17-15-20/h9-10,12-17H,3-8,11,18-19,29H2,1-2H3. The number of ether oxygens (including phenoxy) is 2. The Hall–Kier alpha value is -3.61. The molecule has 2 heterocycles. The van der Waals surface area contributed by atoms with Crippen molar-refractivity contribution in [3.05, 3.63) is 59.7 Å². The number of aromatic nitrogens is 3. The third-order valence-corrected chi connectivity index (χ3v) is 6.28. The maximum atomic E-state index is 13.1. The summed E-state index contributed by atoms with van der Waals surface area (Å²) in [5.41, 5.74) is 10.3. The summed E-state index contributed by atoms with van der Waals surface area (Å²) in [5, 5.41) is 0. The van der Waals surface area contributed by atoms with Gasteiger partial charge in [0.2, 0.25) is 0 Å². The summed E-state index contributed by atoms with van der Waals surface area (Å²) in [5.74, 6) is 0.645. The molecule has 184 valence electrons. The average Bonchev–Trinajstić information content (AvgIpc) is 3.14. The number of hydrogen-bond acceptors (Lipinski definition) is 6. The van der Waals surface area contributed by atoms with E-state index in [2.05, 4.69) is 6.92 Å². The molecule has 0 aliphatic heterocycles. The molecule has 4 aromatic rings. The van der Waals surface area contributed by atoms with Crippen molar-refractivity contribution in [1.29, 1.82) is 0 Å². The first-order chi connectivity index (χ1) is 17.1. The Kier molecular flexibility index (Phi) is 8.19. The molecule has 0 unspecified atom stereocenters. The summed E-state index contributed by atoms with van der Waals surface area (Å²) in [4.78, 5) is 22.7. The van der Waals surface area contributed by atoms with E-state index < -0.39 is 5.97 Å². The van der Waals surface area contributed by atoms with Crippen molar-refractivity contribution in [1.82, 2.24) is 14.5 Å². The van der Waals surface area contributed by atoms with Gasteiger partial charge in [0.1, 0.15) is 22.6 Å². The predicted molar refractivity (Wildman–Crippen MR) is 140 cm³/mol. The van der Waals surface area contributed by atoms with Gasteiger partial charge in [0, 0.05) is 0 Å². The van der Waals surface area contributed by atoms with Crippen molar-refractivity contribution in [2.45, 2.75) is 58.4 Å². The number of carbonyl (C=O) groups is 1. The SMILES string of the molecule is CCCCCCCCCOC(=O)c1c(N)n(Cc2ccc(OC)cc2)c2nc3ccccc3nc12. The van der Waals surface area contributed by atoms with Gasteiger partial charge in [-0.1, -0.05) is 69.7 Å². The highest BCUT2D eigenvalue weighted by Crippen LogP contribution is 2.29. The van der Waals surface area contributed by atoms with E-state index in [9.17, 15) is 4.79 Å². The van der Waals surface area contributed by atoms with E-state index in [1.807, 2.05) is 53.1 Å². The van der Waals surface area contributed by atoms with Gasteiger partial charge in [0.15, 0.2) is 5.65 Å². The fourth-order valence-electron chi connectivity index (χ4n) is 4.29. The molecule has 0 saturated heterocycles. The Labute approximate surface area is 206 Å². The number of nitrogens with two attached hydrogens (primary N) is 1. The zero-order valence-electron chi connectivity index (χ0n) is 20.6. The summed E-state index contributed by atoms with van der Waals surface area (Å²) < 4.78 is 12.7. The highest BCUT2D eigenvalue weighted by molar-refractivity contribution is 6.08. The van der Waals surface area contributed by atoms with Crippen LogP contribution in [0, 0.1) is 0 Å². The lowest BCUT2D eigenvalue weighted by Gasteiger charge is -2.09. The van der Waals surface area contributed by atoms with Crippen molar-refractivity contribution in [2.24, 2.45) is 0 Å².